The maximum Gasteiger partial charge on any atom is 0.306 e. The Kier molecular flexibility index (Phi) is 6.54. The average Bonchev–Trinajstić information content (AvgIpc) is 3.14. The number of hydrogen-bond acceptors (Lipinski definition) is 5. The lowest BCUT2D eigenvalue weighted by atomic mass is 10.1. The number of carbonyl (C=O) groups is 2. The molecule has 0 atom stereocenters. The minimum Gasteiger partial charge on any atom is -0.466 e. The maximum absolute atomic E-state index is 11.7. The second-order valence-electron chi connectivity index (χ2n) is 5.40. The molecule has 1 amide bonds. The van der Waals surface area contributed by atoms with Crippen LogP contribution in [0.4, 0.5) is 0 Å². The fourth-order valence-corrected chi connectivity index (χ4v) is 3.40. The standard InChI is InChI=1S/C17H23N3O3S/c1-4-23-16(22)8-7-15(21)18-9-10-20-13(3)17(12(2)19-20)14-6-5-11-24-14/h5-6,11H,4,7-10H2,1-3H3,(H,18,21). The van der Waals surface area contributed by atoms with E-state index >= 15 is 0 Å². The van der Waals surface area contributed by atoms with Gasteiger partial charge in [0.15, 0.2) is 0 Å². The first-order chi connectivity index (χ1) is 11.5. The lowest BCUT2D eigenvalue weighted by Crippen LogP contribution is -2.28. The average molecular weight is 349 g/mol. The number of esters is 1. The van der Waals surface area contributed by atoms with Crippen LogP contribution in [0.5, 0.6) is 0 Å². The molecular weight excluding hydrogens is 326 g/mol. The van der Waals surface area contributed by atoms with E-state index in [2.05, 4.69) is 21.9 Å². The van der Waals surface area contributed by atoms with Crippen LogP contribution in [0.25, 0.3) is 10.4 Å². The van der Waals surface area contributed by atoms with E-state index in [9.17, 15) is 9.59 Å². The van der Waals surface area contributed by atoms with Gasteiger partial charge in [0.25, 0.3) is 0 Å². The van der Waals surface area contributed by atoms with Crippen molar-refractivity contribution in [2.75, 3.05) is 13.2 Å². The van der Waals surface area contributed by atoms with Crippen LogP contribution in [-0.2, 0) is 20.9 Å². The zero-order chi connectivity index (χ0) is 17.5. The van der Waals surface area contributed by atoms with Gasteiger partial charge in [0.1, 0.15) is 0 Å². The molecule has 0 spiro atoms. The van der Waals surface area contributed by atoms with Crippen molar-refractivity contribution in [1.29, 1.82) is 0 Å². The highest BCUT2D eigenvalue weighted by molar-refractivity contribution is 7.13. The number of aromatic nitrogens is 2. The third-order valence-corrected chi connectivity index (χ3v) is 4.54. The Balaban J connectivity index is 1.84. The van der Waals surface area contributed by atoms with Gasteiger partial charge in [0.05, 0.1) is 25.3 Å². The summed E-state index contributed by atoms with van der Waals surface area (Å²) in [6.07, 6.45) is 0.262. The molecule has 0 bridgehead atoms. The Hall–Kier alpha value is -2.15. The highest BCUT2D eigenvalue weighted by atomic mass is 32.1. The molecule has 0 saturated heterocycles. The molecule has 0 aliphatic heterocycles. The topological polar surface area (TPSA) is 73.2 Å². The number of hydrogen-bond donors (Lipinski definition) is 1. The SMILES string of the molecule is CCOC(=O)CCC(=O)NCCn1nc(C)c(-c2cccs2)c1C. The van der Waals surface area contributed by atoms with Crippen LogP contribution in [0.3, 0.4) is 0 Å². The van der Waals surface area contributed by atoms with Crippen LogP contribution in [-0.4, -0.2) is 34.8 Å². The maximum atomic E-state index is 11.7. The van der Waals surface area contributed by atoms with Gasteiger partial charge in [-0.15, -0.1) is 11.3 Å². The Morgan fingerprint density at radius 2 is 2.12 bits per heavy atom. The zero-order valence-corrected chi connectivity index (χ0v) is 15.1. The van der Waals surface area contributed by atoms with E-state index in [1.807, 2.05) is 24.6 Å². The minimum atomic E-state index is -0.341. The van der Waals surface area contributed by atoms with Gasteiger partial charge in [-0.1, -0.05) is 6.07 Å². The van der Waals surface area contributed by atoms with Gasteiger partial charge in [0, 0.05) is 29.1 Å². The highest BCUT2D eigenvalue weighted by Crippen LogP contribution is 2.30. The normalized spacial score (nSPS) is 10.6. The molecule has 0 aromatic carbocycles. The summed E-state index contributed by atoms with van der Waals surface area (Å²) in [4.78, 5) is 24.2. The summed E-state index contributed by atoms with van der Waals surface area (Å²) >= 11 is 1.69. The molecular formula is C17H23N3O3S. The van der Waals surface area contributed by atoms with Gasteiger partial charge in [0.2, 0.25) is 5.91 Å². The van der Waals surface area contributed by atoms with Crippen molar-refractivity contribution in [2.45, 2.75) is 40.2 Å². The number of nitrogens with one attached hydrogen (secondary N) is 1. The number of ether oxygens (including phenoxy) is 1. The smallest absolute Gasteiger partial charge is 0.306 e. The molecule has 7 heteroatoms. The van der Waals surface area contributed by atoms with Crippen molar-refractivity contribution in [3.63, 3.8) is 0 Å². The second-order valence-corrected chi connectivity index (χ2v) is 6.35. The van der Waals surface area contributed by atoms with Crippen molar-refractivity contribution < 1.29 is 14.3 Å². The van der Waals surface area contributed by atoms with E-state index in [0.717, 1.165) is 11.4 Å². The zero-order valence-electron chi connectivity index (χ0n) is 14.3. The number of thiophene rings is 1. The van der Waals surface area contributed by atoms with Crippen LogP contribution in [0.15, 0.2) is 17.5 Å². The Labute approximate surface area is 145 Å². The molecule has 24 heavy (non-hydrogen) atoms. The fraction of sp³-hybridized carbons (Fsp3) is 0.471. The summed E-state index contributed by atoms with van der Waals surface area (Å²) in [5.74, 6) is -0.491. The lowest BCUT2D eigenvalue weighted by Gasteiger charge is -2.07. The summed E-state index contributed by atoms with van der Waals surface area (Å²) in [6, 6.07) is 4.11. The molecule has 0 radical (unpaired) electrons. The minimum absolute atomic E-state index is 0.113. The van der Waals surface area contributed by atoms with Crippen molar-refractivity contribution in [3.8, 4) is 10.4 Å². The van der Waals surface area contributed by atoms with Gasteiger partial charge in [-0.05, 0) is 32.2 Å². The second kappa shape index (κ2) is 8.63. The molecule has 0 fully saturated rings. The van der Waals surface area contributed by atoms with Gasteiger partial charge in [-0.3, -0.25) is 14.3 Å². The summed E-state index contributed by atoms with van der Waals surface area (Å²) < 4.78 is 6.71. The molecule has 2 heterocycles. The van der Waals surface area contributed by atoms with E-state index in [-0.39, 0.29) is 24.7 Å². The van der Waals surface area contributed by atoms with E-state index in [0.29, 0.717) is 19.7 Å². The quantitative estimate of drug-likeness (QED) is 0.744. The van der Waals surface area contributed by atoms with E-state index in [1.54, 1.807) is 18.3 Å². The number of aryl methyl sites for hydroxylation is 1. The third kappa shape index (κ3) is 4.67. The molecule has 130 valence electrons. The Morgan fingerprint density at radius 1 is 1.33 bits per heavy atom. The van der Waals surface area contributed by atoms with Crippen molar-refractivity contribution in [2.24, 2.45) is 0 Å². The predicted octanol–water partition coefficient (Wildman–Crippen LogP) is 2.69. The lowest BCUT2D eigenvalue weighted by molar-refractivity contribution is -0.144. The summed E-state index contributed by atoms with van der Waals surface area (Å²) in [7, 11) is 0. The summed E-state index contributed by atoms with van der Waals surface area (Å²) in [5.41, 5.74) is 3.25. The number of amides is 1. The van der Waals surface area contributed by atoms with Crippen molar-refractivity contribution >= 4 is 23.2 Å². The van der Waals surface area contributed by atoms with E-state index in [1.165, 1.54) is 10.4 Å². The largest absolute Gasteiger partial charge is 0.466 e. The predicted molar refractivity (Wildman–Crippen MR) is 93.9 cm³/mol. The van der Waals surface area contributed by atoms with Crippen LogP contribution < -0.4 is 5.32 Å². The summed E-state index contributed by atoms with van der Waals surface area (Å²) in [5, 5.41) is 9.42. The van der Waals surface area contributed by atoms with Crippen molar-refractivity contribution in [1.82, 2.24) is 15.1 Å². The number of nitrogens with zero attached hydrogens (tertiary/aromatic N) is 2. The van der Waals surface area contributed by atoms with Crippen molar-refractivity contribution in [3.05, 3.63) is 28.9 Å². The van der Waals surface area contributed by atoms with Gasteiger partial charge in [-0.25, -0.2) is 0 Å². The third-order valence-electron chi connectivity index (χ3n) is 3.66. The Morgan fingerprint density at radius 3 is 2.79 bits per heavy atom. The molecule has 0 aliphatic carbocycles. The van der Waals surface area contributed by atoms with Crippen LogP contribution in [0, 0.1) is 13.8 Å². The van der Waals surface area contributed by atoms with E-state index < -0.39 is 0 Å². The first-order valence-electron chi connectivity index (χ1n) is 8.03. The molecule has 0 unspecified atom stereocenters. The van der Waals surface area contributed by atoms with Gasteiger partial charge in [-0.2, -0.15) is 5.10 Å². The highest BCUT2D eigenvalue weighted by Gasteiger charge is 2.14. The monoisotopic (exact) mass is 349 g/mol. The summed E-state index contributed by atoms with van der Waals surface area (Å²) in [6.45, 7) is 7.20. The first kappa shape index (κ1) is 18.2. The van der Waals surface area contributed by atoms with Crippen LogP contribution >= 0.6 is 11.3 Å². The first-order valence-corrected chi connectivity index (χ1v) is 8.91. The molecule has 2 rings (SSSR count). The molecule has 2 aromatic heterocycles. The fourth-order valence-electron chi connectivity index (χ4n) is 2.53. The Bertz CT molecular complexity index is 692. The van der Waals surface area contributed by atoms with Gasteiger partial charge >= 0.3 is 5.97 Å². The van der Waals surface area contributed by atoms with Crippen LogP contribution in [0.2, 0.25) is 0 Å². The molecule has 6 nitrogen and oxygen atoms in total. The van der Waals surface area contributed by atoms with Crippen LogP contribution in [0.1, 0.15) is 31.2 Å². The van der Waals surface area contributed by atoms with Gasteiger partial charge < -0.3 is 10.1 Å². The molecule has 0 aliphatic rings. The van der Waals surface area contributed by atoms with E-state index in [4.69, 9.17) is 4.74 Å². The molecule has 2 aromatic rings. The molecule has 0 saturated carbocycles. The number of carbonyl (C=O) groups excluding carboxylic acids is 2. The molecule has 1 N–H and O–H groups in total. The number of rotatable bonds is 8.